The normalized spacial score (nSPS) is 16.8. The molecule has 0 saturated carbocycles. The molecular formula is C15H24N6O2S. The first-order valence-corrected chi connectivity index (χ1v) is 10.2. The third kappa shape index (κ3) is 3.51. The molecular weight excluding hydrogens is 328 g/mol. The van der Waals surface area contributed by atoms with Crippen molar-refractivity contribution in [2.24, 2.45) is 5.92 Å². The molecule has 0 amide bonds. The van der Waals surface area contributed by atoms with Gasteiger partial charge in [0.1, 0.15) is 0 Å². The smallest absolute Gasteiger partial charge is 0.252 e. The van der Waals surface area contributed by atoms with Gasteiger partial charge in [-0.25, -0.2) is 8.42 Å². The predicted molar refractivity (Wildman–Crippen MR) is 92.1 cm³/mol. The molecule has 2 aromatic heterocycles. The zero-order chi connectivity index (χ0) is 17.3. The van der Waals surface area contributed by atoms with Gasteiger partial charge in [-0.05, 0) is 37.8 Å². The molecule has 24 heavy (non-hydrogen) atoms. The highest BCUT2D eigenvalue weighted by molar-refractivity contribution is 7.90. The molecule has 0 aliphatic carbocycles. The average molecular weight is 352 g/mol. The monoisotopic (exact) mass is 352 g/mol. The van der Waals surface area contributed by atoms with Gasteiger partial charge in [0.05, 0.1) is 6.20 Å². The molecule has 3 rings (SSSR count). The third-order valence-electron chi connectivity index (χ3n) is 4.34. The lowest BCUT2D eigenvalue weighted by Gasteiger charge is -2.23. The Morgan fingerprint density at radius 3 is 2.67 bits per heavy atom. The van der Waals surface area contributed by atoms with Crippen LogP contribution in [0.2, 0.25) is 0 Å². The number of rotatable bonds is 5. The Hall–Kier alpha value is -1.74. The molecule has 1 aliphatic rings. The molecule has 1 fully saturated rings. The van der Waals surface area contributed by atoms with E-state index in [4.69, 9.17) is 0 Å². The number of hydrogen-bond acceptors (Lipinski definition) is 7. The second kappa shape index (κ2) is 6.64. The summed E-state index contributed by atoms with van der Waals surface area (Å²) in [7, 11) is -3.49. The second-order valence-electron chi connectivity index (χ2n) is 6.67. The summed E-state index contributed by atoms with van der Waals surface area (Å²) >= 11 is 0. The van der Waals surface area contributed by atoms with E-state index >= 15 is 0 Å². The van der Waals surface area contributed by atoms with Gasteiger partial charge in [0.2, 0.25) is 15.8 Å². The molecule has 3 heterocycles. The molecule has 8 nitrogen and oxygen atoms in total. The molecule has 0 spiro atoms. The van der Waals surface area contributed by atoms with Crippen molar-refractivity contribution in [3.63, 3.8) is 0 Å². The number of sulfone groups is 1. The molecule has 2 N–H and O–H groups in total. The summed E-state index contributed by atoms with van der Waals surface area (Å²) in [5, 5.41) is 10.8. The quantitative estimate of drug-likeness (QED) is 0.830. The van der Waals surface area contributed by atoms with Crippen LogP contribution in [0.5, 0.6) is 0 Å². The largest absolute Gasteiger partial charge is 0.354 e. The van der Waals surface area contributed by atoms with Gasteiger partial charge in [-0.15, -0.1) is 0 Å². The fourth-order valence-corrected chi connectivity index (χ4v) is 3.39. The number of piperidine rings is 1. The van der Waals surface area contributed by atoms with Crippen LogP contribution in [-0.2, 0) is 9.84 Å². The minimum Gasteiger partial charge on any atom is -0.354 e. The highest BCUT2D eigenvalue weighted by atomic mass is 32.2. The molecule has 0 radical (unpaired) electrons. The van der Waals surface area contributed by atoms with Crippen molar-refractivity contribution in [3.05, 3.63) is 11.8 Å². The molecule has 2 aromatic rings. The highest BCUT2D eigenvalue weighted by Gasteiger charge is 2.21. The van der Waals surface area contributed by atoms with E-state index in [1.165, 1.54) is 0 Å². The van der Waals surface area contributed by atoms with Crippen molar-refractivity contribution in [1.29, 1.82) is 0 Å². The summed E-state index contributed by atoms with van der Waals surface area (Å²) < 4.78 is 25.5. The number of nitrogens with zero attached hydrogens (tertiary/aromatic N) is 4. The van der Waals surface area contributed by atoms with Crippen molar-refractivity contribution in [3.8, 4) is 0 Å². The van der Waals surface area contributed by atoms with Crippen molar-refractivity contribution in [1.82, 2.24) is 24.9 Å². The summed E-state index contributed by atoms with van der Waals surface area (Å²) in [5.74, 6) is 1.17. The van der Waals surface area contributed by atoms with Gasteiger partial charge in [-0.1, -0.05) is 13.8 Å². The van der Waals surface area contributed by atoms with E-state index < -0.39 is 9.84 Å². The number of anilines is 1. The zero-order valence-corrected chi connectivity index (χ0v) is 15.1. The van der Waals surface area contributed by atoms with E-state index in [2.05, 4.69) is 25.7 Å². The standard InChI is InChI=1S/C15H24N6O2S/c1-10(2)12-9-18-21-13(12)19-15(24(3,22)23)20-14(21)17-8-11-4-6-16-7-5-11/h9-11,16H,4-8H2,1-3H3,(H,17,19,20). The first-order chi connectivity index (χ1) is 11.4. The first kappa shape index (κ1) is 17.1. The average Bonchev–Trinajstić information content (AvgIpc) is 2.97. The van der Waals surface area contributed by atoms with E-state index in [0.717, 1.165) is 44.3 Å². The summed E-state index contributed by atoms with van der Waals surface area (Å²) in [6.07, 6.45) is 5.05. The van der Waals surface area contributed by atoms with Crippen LogP contribution in [0.3, 0.4) is 0 Å². The number of fused-ring (bicyclic) bond motifs is 1. The van der Waals surface area contributed by atoms with Gasteiger partial charge in [-0.2, -0.15) is 19.6 Å². The van der Waals surface area contributed by atoms with Crippen LogP contribution in [0.15, 0.2) is 11.4 Å². The Morgan fingerprint density at radius 2 is 2.04 bits per heavy atom. The van der Waals surface area contributed by atoms with Gasteiger partial charge in [-0.3, -0.25) is 0 Å². The maximum absolute atomic E-state index is 11.9. The van der Waals surface area contributed by atoms with Crippen LogP contribution >= 0.6 is 0 Å². The van der Waals surface area contributed by atoms with E-state index in [9.17, 15) is 8.42 Å². The maximum atomic E-state index is 11.9. The molecule has 1 aliphatic heterocycles. The SMILES string of the molecule is CC(C)c1cnn2c(NCC3CCNCC3)nc(S(C)(=O)=O)nc12. The fourth-order valence-electron chi connectivity index (χ4n) is 2.88. The van der Waals surface area contributed by atoms with Gasteiger partial charge in [0.15, 0.2) is 5.65 Å². The lowest BCUT2D eigenvalue weighted by atomic mass is 9.98. The topological polar surface area (TPSA) is 101 Å². The zero-order valence-electron chi connectivity index (χ0n) is 14.3. The van der Waals surface area contributed by atoms with Gasteiger partial charge in [0, 0.05) is 18.4 Å². The van der Waals surface area contributed by atoms with Gasteiger partial charge < -0.3 is 10.6 Å². The Morgan fingerprint density at radius 1 is 1.33 bits per heavy atom. The predicted octanol–water partition coefficient (Wildman–Crippen LogP) is 1.06. The molecule has 132 valence electrons. The molecule has 0 aromatic carbocycles. The molecule has 9 heteroatoms. The summed E-state index contributed by atoms with van der Waals surface area (Å²) in [5.41, 5.74) is 1.46. The Labute approximate surface area is 142 Å². The van der Waals surface area contributed by atoms with Crippen LogP contribution in [0.25, 0.3) is 5.65 Å². The first-order valence-electron chi connectivity index (χ1n) is 8.26. The van der Waals surface area contributed by atoms with E-state index in [-0.39, 0.29) is 11.1 Å². The molecule has 1 saturated heterocycles. The van der Waals surface area contributed by atoms with Gasteiger partial charge in [0.25, 0.3) is 5.16 Å². The van der Waals surface area contributed by atoms with E-state index in [0.29, 0.717) is 17.5 Å². The maximum Gasteiger partial charge on any atom is 0.252 e. The van der Waals surface area contributed by atoms with Crippen molar-refractivity contribution >= 4 is 21.4 Å². The number of hydrogen-bond donors (Lipinski definition) is 2. The van der Waals surface area contributed by atoms with E-state index in [1.54, 1.807) is 10.7 Å². The minimum absolute atomic E-state index is 0.162. The molecule has 0 atom stereocenters. The van der Waals surface area contributed by atoms with Crippen molar-refractivity contribution in [2.45, 2.75) is 37.8 Å². The fraction of sp³-hybridized carbons (Fsp3) is 0.667. The third-order valence-corrected chi connectivity index (χ3v) is 5.18. The lowest BCUT2D eigenvalue weighted by Crippen LogP contribution is -2.31. The van der Waals surface area contributed by atoms with E-state index in [1.807, 2.05) is 13.8 Å². The van der Waals surface area contributed by atoms with Crippen LogP contribution in [0, 0.1) is 5.92 Å². The summed E-state index contributed by atoms with van der Waals surface area (Å²) in [4.78, 5) is 8.44. The summed E-state index contributed by atoms with van der Waals surface area (Å²) in [6, 6.07) is 0. The Kier molecular flexibility index (Phi) is 4.73. The van der Waals surface area contributed by atoms with Crippen LogP contribution in [0.1, 0.15) is 38.2 Å². The van der Waals surface area contributed by atoms with Crippen molar-refractivity contribution < 1.29 is 8.42 Å². The second-order valence-corrected chi connectivity index (χ2v) is 8.58. The van der Waals surface area contributed by atoms with Crippen LogP contribution < -0.4 is 10.6 Å². The van der Waals surface area contributed by atoms with Crippen LogP contribution in [-0.4, -0.2) is 53.9 Å². The van der Waals surface area contributed by atoms with Gasteiger partial charge >= 0.3 is 0 Å². The van der Waals surface area contributed by atoms with Crippen LogP contribution in [0.4, 0.5) is 5.95 Å². The number of aromatic nitrogens is 4. The van der Waals surface area contributed by atoms with Crippen molar-refractivity contribution in [2.75, 3.05) is 31.2 Å². The molecule has 0 bridgehead atoms. The Balaban J connectivity index is 1.98. The minimum atomic E-state index is -3.49. The lowest BCUT2D eigenvalue weighted by molar-refractivity contribution is 0.389. The highest BCUT2D eigenvalue weighted by Crippen LogP contribution is 2.22. The molecule has 0 unspecified atom stereocenters. The summed E-state index contributed by atoms with van der Waals surface area (Å²) in [6.45, 7) is 6.83. The Bertz CT molecular complexity index is 824. The number of nitrogens with one attached hydrogen (secondary N) is 2.